The minimum absolute atomic E-state index is 0.0467. The zero-order valence-electron chi connectivity index (χ0n) is 12.3. The number of hydrogen-bond donors (Lipinski definition) is 1. The third kappa shape index (κ3) is 2.84. The topological polar surface area (TPSA) is 67.2 Å². The van der Waals surface area contributed by atoms with Crippen molar-refractivity contribution in [2.45, 2.75) is 52.2 Å². The van der Waals surface area contributed by atoms with Gasteiger partial charge in [0.15, 0.2) is 0 Å². The van der Waals surface area contributed by atoms with Gasteiger partial charge in [-0.05, 0) is 25.8 Å². The lowest BCUT2D eigenvalue weighted by Gasteiger charge is -2.33. The average molecular weight is 278 g/mol. The summed E-state index contributed by atoms with van der Waals surface area (Å²) in [4.78, 5) is 25.4. The van der Waals surface area contributed by atoms with Crippen molar-refractivity contribution in [1.82, 2.24) is 20.0 Å². The fraction of sp³-hybridized carbons (Fsp3) is 0.643. The van der Waals surface area contributed by atoms with Crippen LogP contribution in [0.4, 0.5) is 0 Å². The molecule has 1 aromatic rings. The zero-order valence-corrected chi connectivity index (χ0v) is 12.3. The maximum Gasteiger partial charge on any atom is 0.243 e. The molecule has 0 aromatic carbocycles. The van der Waals surface area contributed by atoms with Crippen LogP contribution in [0.1, 0.15) is 45.3 Å². The first-order valence-corrected chi connectivity index (χ1v) is 7.18. The normalized spacial score (nSPS) is 20.9. The van der Waals surface area contributed by atoms with Crippen LogP contribution in [-0.2, 0) is 16.1 Å². The fourth-order valence-corrected chi connectivity index (χ4v) is 2.37. The van der Waals surface area contributed by atoms with E-state index >= 15 is 0 Å². The summed E-state index contributed by atoms with van der Waals surface area (Å²) in [7, 11) is 0. The first kappa shape index (κ1) is 14.6. The highest BCUT2D eigenvalue weighted by molar-refractivity contribution is 5.94. The molecule has 0 aliphatic carbocycles. The molecule has 20 heavy (non-hydrogen) atoms. The van der Waals surface area contributed by atoms with E-state index in [2.05, 4.69) is 24.3 Å². The second kappa shape index (κ2) is 6.07. The van der Waals surface area contributed by atoms with Crippen LogP contribution < -0.4 is 5.32 Å². The largest absolute Gasteiger partial charge is 0.345 e. The molecule has 1 aliphatic rings. The van der Waals surface area contributed by atoms with Gasteiger partial charge in [-0.3, -0.25) is 14.3 Å². The number of piperazine rings is 1. The number of amides is 2. The second-order valence-electron chi connectivity index (χ2n) is 5.21. The molecule has 6 heteroatoms. The smallest absolute Gasteiger partial charge is 0.243 e. The highest BCUT2D eigenvalue weighted by atomic mass is 16.2. The summed E-state index contributed by atoms with van der Waals surface area (Å²) in [5.41, 5.74) is 0.826. The molecule has 110 valence electrons. The molecule has 0 spiro atoms. The molecule has 1 fully saturated rings. The van der Waals surface area contributed by atoms with E-state index in [1.807, 2.05) is 23.9 Å². The number of hydrogen-bond acceptors (Lipinski definition) is 3. The van der Waals surface area contributed by atoms with Crippen LogP contribution in [-0.4, -0.2) is 39.1 Å². The van der Waals surface area contributed by atoms with Gasteiger partial charge in [0.1, 0.15) is 6.04 Å². The molecular weight excluding hydrogens is 256 g/mol. The Labute approximate surface area is 119 Å². The first-order chi connectivity index (χ1) is 9.56. The predicted molar refractivity (Wildman–Crippen MR) is 74.9 cm³/mol. The Kier molecular flexibility index (Phi) is 4.42. The highest BCUT2D eigenvalue weighted by Crippen LogP contribution is 2.15. The molecule has 6 nitrogen and oxygen atoms in total. The lowest BCUT2D eigenvalue weighted by atomic mass is 10.1. The highest BCUT2D eigenvalue weighted by Gasteiger charge is 2.33. The quantitative estimate of drug-likeness (QED) is 0.876. The van der Waals surface area contributed by atoms with Crippen molar-refractivity contribution in [2.75, 3.05) is 6.54 Å². The summed E-state index contributed by atoms with van der Waals surface area (Å²) in [6.45, 7) is 6.60. The number of nitrogens with one attached hydrogen (secondary N) is 1. The monoisotopic (exact) mass is 278 g/mol. The van der Waals surface area contributed by atoms with Crippen LogP contribution in [0, 0.1) is 0 Å². The molecule has 1 aliphatic heterocycles. The van der Waals surface area contributed by atoms with E-state index in [9.17, 15) is 9.59 Å². The van der Waals surface area contributed by atoms with Gasteiger partial charge in [0.2, 0.25) is 11.8 Å². The Bertz CT molecular complexity index is 497. The van der Waals surface area contributed by atoms with Crippen LogP contribution in [0.3, 0.4) is 0 Å². The van der Waals surface area contributed by atoms with Crippen LogP contribution in [0.25, 0.3) is 0 Å². The van der Waals surface area contributed by atoms with E-state index in [1.54, 1.807) is 4.90 Å². The molecule has 2 rings (SSSR count). The number of nitrogens with zero attached hydrogens (tertiary/aromatic N) is 3. The first-order valence-electron chi connectivity index (χ1n) is 7.18. The molecule has 0 saturated carbocycles. The van der Waals surface area contributed by atoms with Crippen LogP contribution >= 0.6 is 0 Å². The Balaban J connectivity index is 2.12. The molecule has 2 amide bonds. The molecule has 0 radical (unpaired) electrons. The number of aromatic nitrogens is 2. The van der Waals surface area contributed by atoms with E-state index < -0.39 is 0 Å². The van der Waals surface area contributed by atoms with E-state index in [1.165, 1.54) is 0 Å². The molecule has 1 aromatic heterocycles. The van der Waals surface area contributed by atoms with Crippen molar-refractivity contribution < 1.29 is 9.59 Å². The van der Waals surface area contributed by atoms with Crippen molar-refractivity contribution in [3.05, 3.63) is 18.0 Å². The summed E-state index contributed by atoms with van der Waals surface area (Å²) < 4.78 is 1.91. The number of carbonyl (C=O) groups is 2. The maximum absolute atomic E-state index is 12.0. The van der Waals surface area contributed by atoms with Crippen molar-refractivity contribution in [3.8, 4) is 0 Å². The van der Waals surface area contributed by atoms with Gasteiger partial charge in [-0.1, -0.05) is 13.8 Å². The zero-order chi connectivity index (χ0) is 14.7. The molecule has 2 heterocycles. The predicted octanol–water partition coefficient (Wildman–Crippen LogP) is 1.09. The van der Waals surface area contributed by atoms with Crippen LogP contribution in [0.2, 0.25) is 0 Å². The Morgan fingerprint density at radius 3 is 2.85 bits per heavy atom. The number of rotatable bonds is 5. The van der Waals surface area contributed by atoms with Gasteiger partial charge in [0.25, 0.3) is 0 Å². The van der Waals surface area contributed by atoms with Crippen molar-refractivity contribution >= 4 is 11.8 Å². The van der Waals surface area contributed by atoms with E-state index in [4.69, 9.17) is 0 Å². The third-order valence-corrected chi connectivity index (χ3v) is 3.84. The SMILES string of the molecule is CCC1C(=O)NCC(=O)N1Cc1ccn(C(C)CC)n1. The van der Waals surface area contributed by atoms with Gasteiger partial charge in [-0.2, -0.15) is 5.10 Å². The summed E-state index contributed by atoms with van der Waals surface area (Å²) in [5, 5.41) is 7.12. The van der Waals surface area contributed by atoms with Gasteiger partial charge >= 0.3 is 0 Å². The lowest BCUT2D eigenvalue weighted by Crippen LogP contribution is -2.57. The standard InChI is InChI=1S/C14H22N4O2/c1-4-10(3)18-7-6-11(16-18)9-17-12(5-2)14(20)15-8-13(17)19/h6-7,10,12H,4-5,8-9H2,1-3H3,(H,15,20). The van der Waals surface area contributed by atoms with E-state index in [0.29, 0.717) is 19.0 Å². The Hall–Kier alpha value is -1.85. The molecule has 2 unspecified atom stereocenters. The fourth-order valence-electron chi connectivity index (χ4n) is 2.37. The summed E-state index contributed by atoms with van der Waals surface area (Å²) >= 11 is 0. The Morgan fingerprint density at radius 1 is 1.45 bits per heavy atom. The van der Waals surface area contributed by atoms with E-state index in [-0.39, 0.29) is 24.4 Å². The minimum Gasteiger partial charge on any atom is -0.345 e. The maximum atomic E-state index is 12.0. The molecular formula is C14H22N4O2. The molecule has 1 saturated heterocycles. The minimum atomic E-state index is -0.384. The number of carbonyl (C=O) groups excluding carboxylic acids is 2. The summed E-state index contributed by atoms with van der Waals surface area (Å²) in [5.74, 6) is -0.122. The van der Waals surface area contributed by atoms with Crippen molar-refractivity contribution in [1.29, 1.82) is 0 Å². The average Bonchev–Trinajstić information content (AvgIpc) is 2.91. The Morgan fingerprint density at radius 2 is 2.20 bits per heavy atom. The lowest BCUT2D eigenvalue weighted by molar-refractivity contribution is -0.146. The third-order valence-electron chi connectivity index (χ3n) is 3.84. The summed E-state index contributed by atoms with van der Waals surface area (Å²) in [6, 6.07) is 1.87. The van der Waals surface area contributed by atoms with Crippen LogP contribution in [0.5, 0.6) is 0 Å². The van der Waals surface area contributed by atoms with Crippen molar-refractivity contribution in [3.63, 3.8) is 0 Å². The summed E-state index contributed by atoms with van der Waals surface area (Å²) in [6.07, 6.45) is 3.55. The van der Waals surface area contributed by atoms with Gasteiger partial charge in [-0.15, -0.1) is 0 Å². The van der Waals surface area contributed by atoms with Gasteiger partial charge in [0.05, 0.1) is 18.8 Å². The molecule has 0 bridgehead atoms. The van der Waals surface area contributed by atoms with Crippen molar-refractivity contribution in [2.24, 2.45) is 0 Å². The van der Waals surface area contributed by atoms with Gasteiger partial charge < -0.3 is 10.2 Å². The second-order valence-corrected chi connectivity index (χ2v) is 5.21. The van der Waals surface area contributed by atoms with Crippen LogP contribution in [0.15, 0.2) is 12.3 Å². The van der Waals surface area contributed by atoms with E-state index in [0.717, 1.165) is 12.1 Å². The van der Waals surface area contributed by atoms with Gasteiger partial charge in [-0.25, -0.2) is 0 Å². The molecule has 1 N–H and O–H groups in total. The molecule has 2 atom stereocenters. The van der Waals surface area contributed by atoms with Gasteiger partial charge in [0, 0.05) is 12.2 Å².